The van der Waals surface area contributed by atoms with Crippen molar-refractivity contribution in [1.29, 1.82) is 0 Å². The van der Waals surface area contributed by atoms with Gasteiger partial charge in [-0.25, -0.2) is 4.98 Å². The molecule has 0 aliphatic carbocycles. The van der Waals surface area contributed by atoms with Crippen LogP contribution in [-0.2, 0) is 5.88 Å². The van der Waals surface area contributed by atoms with Gasteiger partial charge in [-0.15, -0.1) is 22.9 Å². The van der Waals surface area contributed by atoms with Crippen LogP contribution in [0, 0.1) is 0 Å². The zero-order valence-corrected chi connectivity index (χ0v) is 12.7. The molecular formula is C13H23ClN2S. The van der Waals surface area contributed by atoms with E-state index in [1.54, 1.807) is 11.3 Å². The molecule has 0 spiro atoms. The predicted molar refractivity (Wildman–Crippen MR) is 76.9 cm³/mol. The van der Waals surface area contributed by atoms with Crippen molar-refractivity contribution in [2.45, 2.75) is 52.0 Å². The number of alkyl halides is 1. The molecule has 0 aliphatic heterocycles. The first-order chi connectivity index (χ1) is 8.26. The smallest absolute Gasteiger partial charge is 0.110 e. The minimum atomic E-state index is 0.469. The summed E-state index contributed by atoms with van der Waals surface area (Å²) in [7, 11) is 0. The highest BCUT2D eigenvalue weighted by Crippen LogP contribution is 2.27. The average Bonchev–Trinajstić information content (AvgIpc) is 2.79. The number of aromatic nitrogens is 1. The van der Waals surface area contributed by atoms with E-state index in [1.165, 1.54) is 17.8 Å². The van der Waals surface area contributed by atoms with E-state index in [4.69, 9.17) is 11.6 Å². The standard InChI is InChI=1S/C13H23ClN2S/c1-4-7-16(8-5-2)12(6-3)13-15-11(9-14)10-17-13/h10,12H,4-9H2,1-3H3. The number of rotatable bonds is 8. The molecule has 1 heterocycles. The first-order valence-corrected chi connectivity index (χ1v) is 7.92. The summed E-state index contributed by atoms with van der Waals surface area (Å²) in [5.41, 5.74) is 1.01. The molecule has 0 saturated carbocycles. The van der Waals surface area contributed by atoms with Gasteiger partial charge in [0.05, 0.1) is 17.6 Å². The van der Waals surface area contributed by atoms with Crippen molar-refractivity contribution in [1.82, 2.24) is 9.88 Å². The molecule has 0 saturated heterocycles. The minimum Gasteiger partial charge on any atom is -0.294 e. The molecule has 1 atom stereocenters. The molecule has 1 rings (SSSR count). The summed E-state index contributed by atoms with van der Waals surface area (Å²) in [6.07, 6.45) is 3.52. The molecule has 0 N–H and O–H groups in total. The Morgan fingerprint density at radius 1 is 1.29 bits per heavy atom. The lowest BCUT2D eigenvalue weighted by atomic mass is 10.2. The maximum absolute atomic E-state index is 5.82. The lowest BCUT2D eigenvalue weighted by Gasteiger charge is -2.29. The van der Waals surface area contributed by atoms with E-state index in [0.29, 0.717) is 11.9 Å². The Labute approximate surface area is 114 Å². The molecule has 0 fully saturated rings. The van der Waals surface area contributed by atoms with Crippen molar-refractivity contribution >= 4 is 22.9 Å². The third-order valence-corrected chi connectivity index (χ3v) is 4.11. The van der Waals surface area contributed by atoms with Crippen LogP contribution in [0.5, 0.6) is 0 Å². The van der Waals surface area contributed by atoms with Gasteiger partial charge in [-0.05, 0) is 32.4 Å². The topological polar surface area (TPSA) is 16.1 Å². The van der Waals surface area contributed by atoms with Crippen LogP contribution in [0.15, 0.2) is 5.38 Å². The van der Waals surface area contributed by atoms with Crippen LogP contribution in [0.25, 0.3) is 0 Å². The van der Waals surface area contributed by atoms with Crippen LogP contribution >= 0.6 is 22.9 Å². The van der Waals surface area contributed by atoms with Crippen molar-refractivity contribution in [2.75, 3.05) is 13.1 Å². The lowest BCUT2D eigenvalue weighted by Crippen LogP contribution is -2.30. The maximum Gasteiger partial charge on any atom is 0.110 e. The first kappa shape index (κ1) is 14.9. The van der Waals surface area contributed by atoms with Gasteiger partial charge in [0.25, 0.3) is 0 Å². The second kappa shape index (κ2) is 8.06. The van der Waals surface area contributed by atoms with E-state index in [0.717, 1.165) is 25.2 Å². The Bertz CT molecular complexity index is 308. The van der Waals surface area contributed by atoms with Gasteiger partial charge in [0, 0.05) is 5.38 Å². The van der Waals surface area contributed by atoms with E-state index in [-0.39, 0.29) is 0 Å². The number of hydrogen-bond donors (Lipinski definition) is 0. The van der Waals surface area contributed by atoms with Gasteiger partial charge >= 0.3 is 0 Å². The summed E-state index contributed by atoms with van der Waals surface area (Å²) in [6.45, 7) is 9.03. The number of thiazole rings is 1. The van der Waals surface area contributed by atoms with Gasteiger partial charge in [0.1, 0.15) is 5.01 Å². The molecule has 1 unspecified atom stereocenters. The van der Waals surface area contributed by atoms with Crippen molar-refractivity contribution in [2.24, 2.45) is 0 Å². The zero-order valence-electron chi connectivity index (χ0n) is 11.1. The van der Waals surface area contributed by atoms with E-state index >= 15 is 0 Å². The lowest BCUT2D eigenvalue weighted by molar-refractivity contribution is 0.192. The predicted octanol–water partition coefficient (Wildman–Crippen LogP) is 4.46. The molecule has 0 amide bonds. The summed E-state index contributed by atoms with van der Waals surface area (Å²) < 4.78 is 0. The van der Waals surface area contributed by atoms with Crippen LogP contribution in [0.4, 0.5) is 0 Å². The van der Waals surface area contributed by atoms with Crippen molar-refractivity contribution in [3.63, 3.8) is 0 Å². The van der Waals surface area contributed by atoms with E-state index < -0.39 is 0 Å². The molecule has 0 aliphatic rings. The van der Waals surface area contributed by atoms with Crippen molar-refractivity contribution in [3.05, 3.63) is 16.1 Å². The van der Waals surface area contributed by atoms with Gasteiger partial charge in [-0.2, -0.15) is 0 Å². The highest BCUT2D eigenvalue weighted by molar-refractivity contribution is 7.09. The molecule has 0 radical (unpaired) electrons. The zero-order chi connectivity index (χ0) is 12.7. The van der Waals surface area contributed by atoms with Crippen molar-refractivity contribution in [3.8, 4) is 0 Å². The average molecular weight is 275 g/mol. The number of nitrogens with zero attached hydrogens (tertiary/aromatic N) is 2. The molecule has 0 bridgehead atoms. The second-order valence-corrected chi connectivity index (χ2v) is 5.43. The van der Waals surface area contributed by atoms with Gasteiger partial charge in [-0.1, -0.05) is 20.8 Å². The largest absolute Gasteiger partial charge is 0.294 e. The van der Waals surface area contributed by atoms with Gasteiger partial charge in [-0.3, -0.25) is 4.90 Å². The first-order valence-electron chi connectivity index (χ1n) is 6.51. The summed E-state index contributed by atoms with van der Waals surface area (Å²) in [5.74, 6) is 0.522. The second-order valence-electron chi connectivity index (χ2n) is 4.27. The Morgan fingerprint density at radius 3 is 2.35 bits per heavy atom. The number of halogens is 1. The van der Waals surface area contributed by atoms with Crippen LogP contribution < -0.4 is 0 Å². The molecule has 98 valence electrons. The van der Waals surface area contributed by atoms with E-state index in [2.05, 4.69) is 36.0 Å². The Morgan fingerprint density at radius 2 is 1.94 bits per heavy atom. The van der Waals surface area contributed by atoms with E-state index in [1.807, 2.05) is 0 Å². The SMILES string of the molecule is CCCN(CCC)C(CC)c1nc(CCl)cs1. The van der Waals surface area contributed by atoms with Crippen LogP contribution in [0.1, 0.15) is 56.8 Å². The minimum absolute atomic E-state index is 0.469. The van der Waals surface area contributed by atoms with Gasteiger partial charge < -0.3 is 0 Å². The van der Waals surface area contributed by atoms with Crippen LogP contribution in [0.2, 0.25) is 0 Å². The molecule has 1 aromatic rings. The fraction of sp³-hybridized carbons (Fsp3) is 0.769. The maximum atomic E-state index is 5.82. The van der Waals surface area contributed by atoms with Gasteiger partial charge in [0.2, 0.25) is 0 Å². The molecule has 4 heteroatoms. The Kier molecular flexibility index (Phi) is 7.09. The summed E-state index contributed by atoms with van der Waals surface area (Å²) in [6, 6.07) is 0.469. The molecule has 1 aromatic heterocycles. The quantitative estimate of drug-likeness (QED) is 0.651. The van der Waals surface area contributed by atoms with E-state index in [9.17, 15) is 0 Å². The molecular weight excluding hydrogens is 252 g/mol. The summed E-state index contributed by atoms with van der Waals surface area (Å²) in [4.78, 5) is 7.18. The molecule has 0 aromatic carbocycles. The molecule has 17 heavy (non-hydrogen) atoms. The van der Waals surface area contributed by atoms with Gasteiger partial charge in [0.15, 0.2) is 0 Å². The van der Waals surface area contributed by atoms with Crippen LogP contribution in [-0.4, -0.2) is 23.0 Å². The number of hydrogen-bond acceptors (Lipinski definition) is 3. The third kappa shape index (κ3) is 4.23. The Hall–Kier alpha value is -0.120. The fourth-order valence-corrected chi connectivity index (χ4v) is 3.39. The normalized spacial score (nSPS) is 13.2. The van der Waals surface area contributed by atoms with Crippen LogP contribution in [0.3, 0.4) is 0 Å². The fourth-order valence-electron chi connectivity index (χ4n) is 2.12. The molecule has 2 nitrogen and oxygen atoms in total. The summed E-state index contributed by atoms with van der Waals surface area (Å²) in [5, 5.41) is 3.31. The monoisotopic (exact) mass is 274 g/mol. The highest BCUT2D eigenvalue weighted by atomic mass is 35.5. The Balaban J connectivity index is 2.79. The third-order valence-electron chi connectivity index (χ3n) is 2.84. The van der Waals surface area contributed by atoms with Crippen molar-refractivity contribution < 1.29 is 0 Å². The summed E-state index contributed by atoms with van der Waals surface area (Å²) >= 11 is 7.57. The highest BCUT2D eigenvalue weighted by Gasteiger charge is 2.20.